The Kier molecular flexibility index (Phi) is 4.26. The second-order valence-corrected chi connectivity index (χ2v) is 4.51. The van der Waals surface area contributed by atoms with Gasteiger partial charge < -0.3 is 15.2 Å². The normalized spacial score (nSPS) is 15.6. The molecule has 1 aliphatic rings. The zero-order valence-electron chi connectivity index (χ0n) is 10.4. The summed E-state index contributed by atoms with van der Waals surface area (Å²) in [7, 11) is 0. The fourth-order valence-corrected chi connectivity index (χ4v) is 2.07. The number of fused-ring (bicyclic) bond motifs is 1. The molecule has 1 aromatic carbocycles. The van der Waals surface area contributed by atoms with Crippen LogP contribution in [0.15, 0.2) is 18.2 Å². The molecule has 1 aromatic rings. The zero-order valence-corrected chi connectivity index (χ0v) is 10.4. The Labute approximate surface area is 103 Å². The van der Waals surface area contributed by atoms with Gasteiger partial charge in [0.15, 0.2) is 11.5 Å². The van der Waals surface area contributed by atoms with Crippen molar-refractivity contribution in [2.75, 3.05) is 13.2 Å². The highest BCUT2D eigenvalue weighted by Crippen LogP contribution is 2.33. The van der Waals surface area contributed by atoms with Crippen LogP contribution in [-0.4, -0.2) is 13.2 Å². The van der Waals surface area contributed by atoms with Gasteiger partial charge in [-0.2, -0.15) is 0 Å². The molecule has 2 N–H and O–H groups in total. The summed E-state index contributed by atoms with van der Waals surface area (Å²) in [5.74, 6) is 1.67. The molecule has 94 valence electrons. The highest BCUT2D eigenvalue weighted by molar-refractivity contribution is 5.44. The molecule has 1 atom stereocenters. The maximum atomic E-state index is 6.17. The predicted octanol–water partition coefficient (Wildman–Crippen LogP) is 3.04. The summed E-state index contributed by atoms with van der Waals surface area (Å²) in [6, 6.07) is 6.14. The summed E-state index contributed by atoms with van der Waals surface area (Å²) in [5, 5.41) is 0. The van der Waals surface area contributed by atoms with E-state index in [0.717, 1.165) is 23.5 Å². The van der Waals surface area contributed by atoms with Gasteiger partial charge in [-0.3, -0.25) is 0 Å². The average molecular weight is 235 g/mol. The van der Waals surface area contributed by atoms with Crippen LogP contribution in [0.1, 0.15) is 44.2 Å². The third-order valence-corrected chi connectivity index (χ3v) is 3.11. The lowest BCUT2D eigenvalue weighted by molar-refractivity contribution is 0.171. The molecule has 0 spiro atoms. The summed E-state index contributed by atoms with van der Waals surface area (Å²) in [4.78, 5) is 0. The van der Waals surface area contributed by atoms with Crippen molar-refractivity contribution in [2.24, 2.45) is 5.73 Å². The topological polar surface area (TPSA) is 44.5 Å². The largest absolute Gasteiger partial charge is 0.486 e. The van der Waals surface area contributed by atoms with E-state index in [1.54, 1.807) is 0 Å². The van der Waals surface area contributed by atoms with Crippen molar-refractivity contribution < 1.29 is 9.47 Å². The van der Waals surface area contributed by atoms with Crippen LogP contribution >= 0.6 is 0 Å². The highest BCUT2D eigenvalue weighted by atomic mass is 16.6. The summed E-state index contributed by atoms with van der Waals surface area (Å²) in [6.07, 6.45) is 4.70. The lowest BCUT2D eigenvalue weighted by Gasteiger charge is -2.20. The third-order valence-electron chi connectivity index (χ3n) is 3.11. The van der Waals surface area contributed by atoms with Crippen LogP contribution in [0.5, 0.6) is 11.5 Å². The van der Waals surface area contributed by atoms with Crippen LogP contribution in [0, 0.1) is 0 Å². The van der Waals surface area contributed by atoms with Crippen molar-refractivity contribution in [1.29, 1.82) is 0 Å². The van der Waals surface area contributed by atoms with Gasteiger partial charge in [0, 0.05) is 6.04 Å². The summed E-state index contributed by atoms with van der Waals surface area (Å²) in [6.45, 7) is 3.46. The molecule has 0 aromatic heterocycles. The molecule has 0 fully saturated rings. The maximum Gasteiger partial charge on any atom is 0.161 e. The monoisotopic (exact) mass is 235 g/mol. The van der Waals surface area contributed by atoms with Crippen LogP contribution in [0.2, 0.25) is 0 Å². The van der Waals surface area contributed by atoms with E-state index >= 15 is 0 Å². The molecule has 0 saturated carbocycles. The van der Waals surface area contributed by atoms with Crippen molar-refractivity contribution >= 4 is 0 Å². The molecule has 0 radical (unpaired) electrons. The van der Waals surface area contributed by atoms with E-state index in [4.69, 9.17) is 15.2 Å². The first kappa shape index (κ1) is 12.2. The minimum absolute atomic E-state index is 0.109. The second kappa shape index (κ2) is 5.92. The number of nitrogens with two attached hydrogens (primary N) is 1. The molecule has 0 unspecified atom stereocenters. The van der Waals surface area contributed by atoms with Crippen LogP contribution in [-0.2, 0) is 0 Å². The van der Waals surface area contributed by atoms with Gasteiger partial charge in [-0.1, -0.05) is 32.3 Å². The fourth-order valence-electron chi connectivity index (χ4n) is 2.07. The average Bonchev–Trinajstić information content (AvgIpc) is 2.38. The molecular weight excluding hydrogens is 214 g/mol. The highest BCUT2D eigenvalue weighted by Gasteiger charge is 2.14. The van der Waals surface area contributed by atoms with Gasteiger partial charge in [0.2, 0.25) is 0 Å². The molecule has 3 heteroatoms. The molecular formula is C14H21NO2. The first-order valence-electron chi connectivity index (χ1n) is 6.46. The lowest BCUT2D eigenvalue weighted by Crippen LogP contribution is -2.16. The van der Waals surface area contributed by atoms with Crippen molar-refractivity contribution in [3.8, 4) is 11.5 Å². The van der Waals surface area contributed by atoms with Gasteiger partial charge in [-0.15, -0.1) is 0 Å². The molecule has 3 nitrogen and oxygen atoms in total. The predicted molar refractivity (Wildman–Crippen MR) is 68.5 cm³/mol. The Morgan fingerprint density at radius 3 is 2.71 bits per heavy atom. The fraction of sp³-hybridized carbons (Fsp3) is 0.571. The number of hydrogen-bond donors (Lipinski definition) is 1. The Morgan fingerprint density at radius 2 is 1.94 bits per heavy atom. The Bertz CT molecular complexity index is 365. The van der Waals surface area contributed by atoms with Crippen molar-refractivity contribution in [1.82, 2.24) is 0 Å². The molecule has 0 saturated heterocycles. The molecule has 0 amide bonds. The molecule has 0 bridgehead atoms. The Balaban J connectivity index is 2.00. The zero-order chi connectivity index (χ0) is 12.1. The second-order valence-electron chi connectivity index (χ2n) is 4.51. The van der Waals surface area contributed by atoms with E-state index in [1.807, 2.05) is 18.2 Å². The Hall–Kier alpha value is -1.22. The van der Waals surface area contributed by atoms with Gasteiger partial charge in [-0.05, 0) is 24.1 Å². The number of hydrogen-bond acceptors (Lipinski definition) is 3. The third kappa shape index (κ3) is 3.13. The number of benzene rings is 1. The summed E-state index contributed by atoms with van der Waals surface area (Å²) < 4.78 is 11.1. The van der Waals surface area contributed by atoms with E-state index < -0.39 is 0 Å². The van der Waals surface area contributed by atoms with E-state index in [-0.39, 0.29) is 6.04 Å². The van der Waals surface area contributed by atoms with E-state index in [9.17, 15) is 0 Å². The van der Waals surface area contributed by atoms with Gasteiger partial charge in [0.1, 0.15) is 13.2 Å². The van der Waals surface area contributed by atoms with Crippen LogP contribution in [0.25, 0.3) is 0 Å². The SMILES string of the molecule is CCCCC[C@@H](N)c1ccc2c(c1)OCCO2. The number of ether oxygens (including phenoxy) is 2. The smallest absolute Gasteiger partial charge is 0.161 e. The van der Waals surface area contributed by atoms with E-state index in [2.05, 4.69) is 6.92 Å². The van der Waals surface area contributed by atoms with Crippen molar-refractivity contribution in [2.45, 2.75) is 38.6 Å². The van der Waals surface area contributed by atoms with Crippen molar-refractivity contribution in [3.63, 3.8) is 0 Å². The molecule has 2 rings (SSSR count). The summed E-state index contributed by atoms with van der Waals surface area (Å²) >= 11 is 0. The quantitative estimate of drug-likeness (QED) is 0.798. The molecule has 1 aliphatic heterocycles. The Morgan fingerprint density at radius 1 is 1.18 bits per heavy atom. The molecule has 0 aliphatic carbocycles. The first-order valence-corrected chi connectivity index (χ1v) is 6.46. The van der Waals surface area contributed by atoms with Gasteiger partial charge in [-0.25, -0.2) is 0 Å². The minimum atomic E-state index is 0.109. The van der Waals surface area contributed by atoms with Gasteiger partial charge in [0.05, 0.1) is 0 Å². The molecule has 1 heterocycles. The first-order chi connectivity index (χ1) is 8.31. The van der Waals surface area contributed by atoms with Crippen LogP contribution in [0.3, 0.4) is 0 Å². The number of unbranched alkanes of at least 4 members (excludes halogenated alkanes) is 2. The minimum Gasteiger partial charge on any atom is -0.486 e. The van der Waals surface area contributed by atoms with Gasteiger partial charge >= 0.3 is 0 Å². The summed E-state index contributed by atoms with van der Waals surface area (Å²) in [5.41, 5.74) is 7.32. The maximum absolute atomic E-state index is 6.17. The van der Waals surface area contributed by atoms with E-state index in [0.29, 0.717) is 13.2 Å². The molecule has 17 heavy (non-hydrogen) atoms. The number of rotatable bonds is 5. The van der Waals surface area contributed by atoms with Crippen LogP contribution < -0.4 is 15.2 Å². The van der Waals surface area contributed by atoms with Gasteiger partial charge in [0.25, 0.3) is 0 Å². The lowest BCUT2D eigenvalue weighted by atomic mass is 10.0. The standard InChI is InChI=1S/C14H21NO2/c1-2-3-4-5-12(15)11-6-7-13-14(10-11)17-9-8-16-13/h6-7,10,12H,2-5,8-9,15H2,1H3/t12-/m1/s1. The van der Waals surface area contributed by atoms with E-state index in [1.165, 1.54) is 19.3 Å². The van der Waals surface area contributed by atoms with Crippen LogP contribution in [0.4, 0.5) is 0 Å². The van der Waals surface area contributed by atoms with Crippen molar-refractivity contribution in [3.05, 3.63) is 23.8 Å².